The van der Waals surface area contributed by atoms with Gasteiger partial charge >= 0.3 is 12.1 Å². The molecular formula is C12H23NO5. The Morgan fingerprint density at radius 3 is 2.11 bits per heavy atom. The zero-order valence-electron chi connectivity index (χ0n) is 11.9. The quantitative estimate of drug-likeness (QED) is 0.743. The van der Waals surface area contributed by atoms with Crippen LogP contribution in [0.25, 0.3) is 0 Å². The number of ether oxygens (including phenoxy) is 2. The molecule has 0 aliphatic carbocycles. The van der Waals surface area contributed by atoms with E-state index in [4.69, 9.17) is 14.6 Å². The van der Waals surface area contributed by atoms with Crippen molar-refractivity contribution in [3.8, 4) is 0 Å². The minimum Gasteiger partial charge on any atom is -0.461 e. The van der Waals surface area contributed by atoms with Crippen molar-refractivity contribution >= 4 is 12.1 Å². The lowest BCUT2D eigenvalue weighted by molar-refractivity contribution is -0.152. The van der Waals surface area contributed by atoms with Crippen molar-refractivity contribution in [2.45, 2.75) is 58.8 Å². The van der Waals surface area contributed by atoms with Gasteiger partial charge in [-0.2, -0.15) is 0 Å². The van der Waals surface area contributed by atoms with Gasteiger partial charge < -0.3 is 19.9 Å². The van der Waals surface area contributed by atoms with E-state index in [1.165, 1.54) is 20.8 Å². The van der Waals surface area contributed by atoms with Gasteiger partial charge in [0.25, 0.3) is 0 Å². The Morgan fingerprint density at radius 1 is 1.22 bits per heavy atom. The molecule has 18 heavy (non-hydrogen) atoms. The Morgan fingerprint density at radius 2 is 1.72 bits per heavy atom. The molecule has 0 heterocycles. The van der Waals surface area contributed by atoms with Crippen molar-refractivity contribution in [1.82, 2.24) is 5.32 Å². The Bertz CT molecular complexity index is 304. The number of aliphatic hydroxyl groups excluding tert-OH is 1. The van der Waals surface area contributed by atoms with Crippen LogP contribution in [0.5, 0.6) is 0 Å². The summed E-state index contributed by atoms with van der Waals surface area (Å²) in [6, 6.07) is 0. The molecule has 0 aromatic heterocycles. The predicted octanol–water partition coefficient (Wildman–Crippen LogP) is 1.21. The summed E-state index contributed by atoms with van der Waals surface area (Å²) < 4.78 is 9.88. The molecule has 6 nitrogen and oxygen atoms in total. The first-order chi connectivity index (χ1) is 7.94. The molecule has 0 aromatic carbocycles. The highest BCUT2D eigenvalue weighted by molar-refractivity contribution is 5.84. The molecule has 1 unspecified atom stereocenters. The van der Waals surface area contributed by atoms with Crippen molar-refractivity contribution in [2.75, 3.05) is 6.61 Å². The topological polar surface area (TPSA) is 84.9 Å². The number of hydrogen-bond acceptors (Lipinski definition) is 5. The lowest BCUT2D eigenvalue weighted by Gasteiger charge is -2.27. The number of rotatable bonds is 4. The minimum atomic E-state index is -1.21. The van der Waals surface area contributed by atoms with Crippen LogP contribution < -0.4 is 5.32 Å². The number of carbonyl (C=O) groups excluding carboxylic acids is 2. The van der Waals surface area contributed by atoms with E-state index in [0.717, 1.165) is 0 Å². The van der Waals surface area contributed by atoms with Gasteiger partial charge in [0, 0.05) is 0 Å². The van der Waals surface area contributed by atoms with Gasteiger partial charge in [-0.05, 0) is 41.5 Å². The Hall–Kier alpha value is -1.30. The van der Waals surface area contributed by atoms with Crippen LogP contribution in [0.15, 0.2) is 0 Å². The molecule has 6 heteroatoms. The first kappa shape index (κ1) is 16.7. The van der Waals surface area contributed by atoms with Crippen molar-refractivity contribution in [3.05, 3.63) is 0 Å². The largest absolute Gasteiger partial charge is 0.461 e. The number of aliphatic hydroxyl groups is 1. The van der Waals surface area contributed by atoms with Crippen molar-refractivity contribution in [1.29, 1.82) is 0 Å². The van der Waals surface area contributed by atoms with Crippen molar-refractivity contribution in [2.24, 2.45) is 0 Å². The Balaban J connectivity index is 4.37. The average Bonchev–Trinajstić information content (AvgIpc) is 2.09. The molecule has 1 atom stereocenters. The maximum Gasteiger partial charge on any atom is 0.408 e. The summed E-state index contributed by atoms with van der Waals surface area (Å²) in [5.41, 5.74) is -1.85. The third-order valence-electron chi connectivity index (χ3n) is 1.78. The number of hydrogen-bond donors (Lipinski definition) is 2. The molecule has 1 amide bonds. The summed E-state index contributed by atoms with van der Waals surface area (Å²) in [7, 11) is 0. The second-order valence-corrected chi connectivity index (χ2v) is 5.70. The van der Waals surface area contributed by atoms with Crippen LogP contribution >= 0.6 is 0 Å². The van der Waals surface area contributed by atoms with Gasteiger partial charge in [0.05, 0.1) is 6.10 Å². The summed E-state index contributed by atoms with van der Waals surface area (Å²) in [6.45, 7) is 9.57. The zero-order valence-corrected chi connectivity index (χ0v) is 11.9. The van der Waals surface area contributed by atoms with Crippen LogP contribution in [0.3, 0.4) is 0 Å². The van der Waals surface area contributed by atoms with Crippen LogP contribution in [0.2, 0.25) is 0 Å². The van der Waals surface area contributed by atoms with Crippen LogP contribution in [0.1, 0.15) is 41.5 Å². The molecule has 0 aliphatic heterocycles. The van der Waals surface area contributed by atoms with Gasteiger partial charge in [-0.25, -0.2) is 9.59 Å². The molecule has 0 rings (SSSR count). The van der Waals surface area contributed by atoms with E-state index in [-0.39, 0.29) is 6.61 Å². The predicted molar refractivity (Wildman–Crippen MR) is 66.1 cm³/mol. The van der Waals surface area contributed by atoms with E-state index in [1.807, 2.05) is 0 Å². The summed E-state index contributed by atoms with van der Waals surface area (Å²) >= 11 is 0. The van der Waals surface area contributed by atoms with Crippen LogP contribution in [0.4, 0.5) is 4.79 Å². The van der Waals surface area contributed by atoms with Gasteiger partial charge in [-0.1, -0.05) is 0 Å². The summed E-state index contributed by atoms with van der Waals surface area (Å²) in [5, 5.41) is 11.4. The molecule has 0 saturated carbocycles. The first-order valence-electron chi connectivity index (χ1n) is 5.80. The highest BCUT2D eigenvalue weighted by atomic mass is 16.6. The number of esters is 1. The second kappa shape index (κ2) is 6.04. The lowest BCUT2D eigenvalue weighted by Crippen LogP contribution is -2.52. The fourth-order valence-electron chi connectivity index (χ4n) is 0.987. The molecule has 0 spiro atoms. The summed E-state index contributed by atoms with van der Waals surface area (Å²) in [4.78, 5) is 23.2. The van der Waals surface area contributed by atoms with Crippen LogP contribution in [-0.2, 0) is 14.3 Å². The highest BCUT2D eigenvalue weighted by Gasteiger charge is 2.33. The summed E-state index contributed by atoms with van der Waals surface area (Å²) in [6.07, 6.45) is -1.44. The molecule has 0 radical (unpaired) electrons. The van der Waals surface area contributed by atoms with E-state index < -0.39 is 29.3 Å². The number of carbonyl (C=O) groups is 2. The standard InChI is InChI=1S/C12H23NO5/c1-8(14)7-17-9(15)12(5,6)13-10(16)18-11(2,3)4/h8,14H,7H2,1-6H3,(H,13,16). The van der Waals surface area contributed by atoms with E-state index in [2.05, 4.69) is 5.32 Å². The maximum atomic E-state index is 11.7. The molecular weight excluding hydrogens is 238 g/mol. The van der Waals surface area contributed by atoms with E-state index in [1.54, 1.807) is 20.8 Å². The fourth-order valence-corrected chi connectivity index (χ4v) is 0.987. The second-order valence-electron chi connectivity index (χ2n) is 5.70. The van der Waals surface area contributed by atoms with Crippen LogP contribution in [0, 0.1) is 0 Å². The summed E-state index contributed by atoms with van der Waals surface area (Å²) in [5.74, 6) is -0.630. The van der Waals surface area contributed by atoms with E-state index in [9.17, 15) is 9.59 Å². The molecule has 0 bridgehead atoms. The van der Waals surface area contributed by atoms with Gasteiger partial charge in [-0.15, -0.1) is 0 Å². The highest BCUT2D eigenvalue weighted by Crippen LogP contribution is 2.10. The number of nitrogens with one attached hydrogen (secondary N) is 1. The average molecular weight is 261 g/mol. The first-order valence-corrected chi connectivity index (χ1v) is 5.80. The van der Waals surface area contributed by atoms with Crippen molar-refractivity contribution < 1.29 is 24.2 Å². The molecule has 2 N–H and O–H groups in total. The maximum absolute atomic E-state index is 11.7. The molecule has 106 valence electrons. The van der Waals surface area contributed by atoms with Crippen LogP contribution in [-0.4, -0.2) is 41.0 Å². The molecule has 0 aliphatic rings. The number of alkyl carbamates (subject to hydrolysis) is 1. The SMILES string of the molecule is CC(O)COC(=O)C(C)(C)NC(=O)OC(C)(C)C. The number of amides is 1. The van der Waals surface area contributed by atoms with Crippen molar-refractivity contribution in [3.63, 3.8) is 0 Å². The minimum absolute atomic E-state index is 0.113. The smallest absolute Gasteiger partial charge is 0.408 e. The van der Waals surface area contributed by atoms with Gasteiger partial charge in [-0.3, -0.25) is 0 Å². The van der Waals surface area contributed by atoms with Gasteiger partial charge in [0.2, 0.25) is 0 Å². The van der Waals surface area contributed by atoms with E-state index >= 15 is 0 Å². The van der Waals surface area contributed by atoms with E-state index in [0.29, 0.717) is 0 Å². The third kappa shape index (κ3) is 7.11. The monoisotopic (exact) mass is 261 g/mol. The lowest BCUT2D eigenvalue weighted by atomic mass is 10.1. The normalized spacial score (nSPS) is 13.7. The van der Waals surface area contributed by atoms with Gasteiger partial charge in [0.1, 0.15) is 17.7 Å². The molecule has 0 aromatic rings. The Kier molecular flexibility index (Phi) is 5.60. The van der Waals surface area contributed by atoms with Gasteiger partial charge in [0.15, 0.2) is 0 Å². The molecule has 0 fully saturated rings. The fraction of sp³-hybridized carbons (Fsp3) is 0.833. The Labute approximate surface area is 108 Å². The zero-order chi connectivity index (χ0) is 14.6. The molecule has 0 saturated heterocycles. The third-order valence-corrected chi connectivity index (χ3v) is 1.78.